The van der Waals surface area contributed by atoms with Gasteiger partial charge in [-0.2, -0.15) is 18.2 Å². The van der Waals surface area contributed by atoms with Gasteiger partial charge in [0, 0.05) is 12.0 Å². The van der Waals surface area contributed by atoms with Crippen LogP contribution < -0.4 is 0 Å². The van der Waals surface area contributed by atoms with E-state index in [0.29, 0.717) is 6.42 Å². The molecule has 0 saturated heterocycles. The van der Waals surface area contributed by atoms with Gasteiger partial charge >= 0.3 is 12.1 Å². The van der Waals surface area contributed by atoms with Gasteiger partial charge in [0.05, 0.1) is 11.7 Å². The monoisotopic (exact) mass is 346 g/mol. The van der Waals surface area contributed by atoms with Crippen LogP contribution in [0.4, 0.5) is 17.6 Å². The number of ketones is 1. The van der Waals surface area contributed by atoms with Gasteiger partial charge in [-0.25, -0.2) is 4.39 Å². The lowest BCUT2D eigenvalue weighted by Crippen LogP contribution is -2.09. The Labute approximate surface area is 134 Å². The molecular formula is C15H14F4N2O3. The zero-order valence-corrected chi connectivity index (χ0v) is 12.6. The predicted octanol–water partition coefficient (Wildman–Crippen LogP) is 3.63. The van der Waals surface area contributed by atoms with E-state index in [4.69, 9.17) is 0 Å². The molecule has 9 heteroatoms. The third-order valence-corrected chi connectivity index (χ3v) is 3.37. The molecule has 2 rings (SSSR count). The summed E-state index contributed by atoms with van der Waals surface area (Å²) in [7, 11) is 0. The van der Waals surface area contributed by atoms with Crippen molar-refractivity contribution >= 4 is 5.78 Å². The van der Waals surface area contributed by atoms with Crippen LogP contribution in [0.2, 0.25) is 0 Å². The highest BCUT2D eigenvalue weighted by atomic mass is 19.4. The lowest BCUT2D eigenvalue weighted by Gasteiger charge is -2.07. The molecule has 0 aliphatic heterocycles. The molecule has 24 heavy (non-hydrogen) atoms. The molecule has 0 radical (unpaired) electrons. The number of aliphatic hydroxyl groups is 1. The average molecular weight is 346 g/mol. The Kier molecular flexibility index (Phi) is 5.33. The Morgan fingerprint density at radius 3 is 2.62 bits per heavy atom. The fraction of sp³-hybridized carbons (Fsp3) is 0.400. The second kappa shape index (κ2) is 7.08. The number of carbonyl (C=O) groups is 1. The summed E-state index contributed by atoms with van der Waals surface area (Å²) in [6.07, 6.45) is -4.79. The zero-order chi connectivity index (χ0) is 17.9. The third-order valence-electron chi connectivity index (χ3n) is 3.37. The first-order valence-electron chi connectivity index (χ1n) is 7.14. The van der Waals surface area contributed by atoms with Crippen molar-refractivity contribution in [3.05, 3.63) is 35.5 Å². The molecule has 130 valence electrons. The van der Waals surface area contributed by atoms with Crippen LogP contribution in [-0.4, -0.2) is 27.1 Å². The Hall–Kier alpha value is -2.29. The molecule has 1 heterocycles. The van der Waals surface area contributed by atoms with E-state index in [-0.39, 0.29) is 24.0 Å². The van der Waals surface area contributed by atoms with Crippen LogP contribution in [0, 0.1) is 5.82 Å². The van der Waals surface area contributed by atoms with Gasteiger partial charge in [-0.1, -0.05) is 18.1 Å². The summed E-state index contributed by atoms with van der Waals surface area (Å²) in [5.41, 5.74) is -0.251. The molecule has 2 aromatic rings. The quantitative estimate of drug-likeness (QED) is 0.638. The van der Waals surface area contributed by atoms with E-state index in [0.717, 1.165) is 12.1 Å². The van der Waals surface area contributed by atoms with Gasteiger partial charge in [0.15, 0.2) is 5.78 Å². The average Bonchev–Trinajstić information content (AvgIpc) is 3.02. The fourth-order valence-corrected chi connectivity index (χ4v) is 1.97. The highest BCUT2D eigenvalue weighted by Gasteiger charge is 2.38. The molecule has 0 aliphatic carbocycles. The molecule has 5 nitrogen and oxygen atoms in total. The van der Waals surface area contributed by atoms with Crippen molar-refractivity contribution in [1.29, 1.82) is 0 Å². The number of hydrogen-bond acceptors (Lipinski definition) is 5. The lowest BCUT2D eigenvalue weighted by atomic mass is 10.0. The number of alkyl halides is 3. The topological polar surface area (TPSA) is 76.2 Å². The Morgan fingerprint density at radius 2 is 2.08 bits per heavy atom. The first-order chi connectivity index (χ1) is 11.2. The highest BCUT2D eigenvalue weighted by molar-refractivity contribution is 5.96. The van der Waals surface area contributed by atoms with E-state index in [1.807, 2.05) is 0 Å². The van der Waals surface area contributed by atoms with Crippen LogP contribution >= 0.6 is 0 Å². The summed E-state index contributed by atoms with van der Waals surface area (Å²) in [6.45, 7) is 1.75. The van der Waals surface area contributed by atoms with Crippen molar-refractivity contribution in [1.82, 2.24) is 10.1 Å². The van der Waals surface area contributed by atoms with Crippen molar-refractivity contribution in [2.24, 2.45) is 0 Å². The van der Waals surface area contributed by atoms with Crippen LogP contribution in [-0.2, 0) is 6.18 Å². The Balaban J connectivity index is 2.17. The number of benzene rings is 1. The molecular weight excluding hydrogens is 332 g/mol. The molecule has 1 atom stereocenters. The van der Waals surface area contributed by atoms with Crippen molar-refractivity contribution in [3.63, 3.8) is 0 Å². The molecule has 0 saturated carbocycles. The van der Waals surface area contributed by atoms with E-state index in [1.54, 1.807) is 6.92 Å². The molecule has 0 bridgehead atoms. The minimum Gasteiger partial charge on any atom is -0.393 e. The number of aromatic nitrogens is 2. The SMILES string of the molecule is CCC(O)CCC(=O)c1ccc(-c2noc(C(F)(F)F)n2)cc1F. The summed E-state index contributed by atoms with van der Waals surface area (Å²) in [5.74, 6) is -3.37. The van der Waals surface area contributed by atoms with E-state index < -0.39 is 35.6 Å². The van der Waals surface area contributed by atoms with Gasteiger partial charge in [-0.15, -0.1) is 0 Å². The number of aliphatic hydroxyl groups excluding tert-OH is 1. The zero-order valence-electron chi connectivity index (χ0n) is 12.6. The number of rotatable bonds is 6. The normalized spacial score (nSPS) is 13.1. The molecule has 1 aromatic heterocycles. The van der Waals surface area contributed by atoms with Gasteiger partial charge < -0.3 is 9.63 Å². The maximum absolute atomic E-state index is 14.0. The van der Waals surface area contributed by atoms with Gasteiger partial charge in [0.1, 0.15) is 5.82 Å². The summed E-state index contributed by atoms with van der Waals surface area (Å²) in [4.78, 5) is 15.1. The first-order valence-corrected chi connectivity index (χ1v) is 7.14. The molecule has 1 N–H and O–H groups in total. The van der Waals surface area contributed by atoms with Crippen LogP contribution in [0.3, 0.4) is 0 Å². The first kappa shape index (κ1) is 18.1. The van der Waals surface area contributed by atoms with Crippen LogP contribution in [0.1, 0.15) is 42.4 Å². The summed E-state index contributed by atoms with van der Waals surface area (Å²) >= 11 is 0. The predicted molar refractivity (Wildman–Crippen MR) is 74.6 cm³/mol. The summed E-state index contributed by atoms with van der Waals surface area (Å²) in [5, 5.41) is 12.6. The number of Topliss-reactive ketones (excluding diaryl/α,β-unsaturated/α-hetero) is 1. The maximum Gasteiger partial charge on any atom is 0.471 e. The third kappa shape index (κ3) is 4.16. The standard InChI is InChI=1S/C15H14F4N2O3/c1-2-9(22)4-6-12(23)10-5-3-8(7-11(10)16)13-20-14(24-21-13)15(17,18)19/h3,5,7,9,22H,2,4,6H2,1H3. The van der Waals surface area contributed by atoms with E-state index >= 15 is 0 Å². The van der Waals surface area contributed by atoms with E-state index in [1.165, 1.54) is 6.07 Å². The smallest absolute Gasteiger partial charge is 0.393 e. The summed E-state index contributed by atoms with van der Waals surface area (Å²) < 4.78 is 55.3. The lowest BCUT2D eigenvalue weighted by molar-refractivity contribution is -0.159. The Morgan fingerprint density at radius 1 is 1.38 bits per heavy atom. The Bertz CT molecular complexity index is 728. The van der Waals surface area contributed by atoms with Crippen LogP contribution in [0.5, 0.6) is 0 Å². The molecule has 1 aromatic carbocycles. The van der Waals surface area contributed by atoms with Crippen LogP contribution in [0.15, 0.2) is 22.7 Å². The van der Waals surface area contributed by atoms with Crippen molar-refractivity contribution < 1.29 is 32.0 Å². The highest BCUT2D eigenvalue weighted by Crippen LogP contribution is 2.29. The molecule has 0 fully saturated rings. The molecule has 0 amide bonds. The van der Waals surface area contributed by atoms with Crippen molar-refractivity contribution in [2.75, 3.05) is 0 Å². The van der Waals surface area contributed by atoms with Crippen molar-refractivity contribution in [2.45, 2.75) is 38.5 Å². The minimum atomic E-state index is -4.79. The number of hydrogen-bond donors (Lipinski definition) is 1. The molecule has 0 aliphatic rings. The van der Waals surface area contributed by atoms with E-state index in [2.05, 4.69) is 14.7 Å². The summed E-state index contributed by atoms with van der Waals surface area (Å²) in [6, 6.07) is 3.25. The van der Waals surface area contributed by atoms with Gasteiger partial charge in [-0.05, 0) is 25.0 Å². The number of carbonyl (C=O) groups excluding carboxylic acids is 1. The van der Waals surface area contributed by atoms with Crippen LogP contribution in [0.25, 0.3) is 11.4 Å². The molecule has 1 unspecified atom stereocenters. The van der Waals surface area contributed by atoms with E-state index in [9.17, 15) is 27.5 Å². The maximum atomic E-state index is 14.0. The van der Waals surface area contributed by atoms with Gasteiger partial charge in [0.25, 0.3) is 0 Å². The number of nitrogens with zero attached hydrogens (tertiary/aromatic N) is 2. The second-order valence-corrected chi connectivity index (χ2v) is 5.14. The molecule has 0 spiro atoms. The van der Waals surface area contributed by atoms with Gasteiger partial charge in [0.2, 0.25) is 5.82 Å². The largest absolute Gasteiger partial charge is 0.471 e. The van der Waals surface area contributed by atoms with Gasteiger partial charge in [-0.3, -0.25) is 4.79 Å². The fourth-order valence-electron chi connectivity index (χ4n) is 1.97. The minimum absolute atomic E-state index is 0.0360. The van der Waals surface area contributed by atoms with Crippen molar-refractivity contribution in [3.8, 4) is 11.4 Å². The second-order valence-electron chi connectivity index (χ2n) is 5.14. The number of halogens is 4.